The standard InChI is InChI=1S/C28H27ClF5N3O3/c29-22-7-3-20(4-8-22)25(39-18-19-1-5-21(6-2-19)28(32,33)34)17-36-13-15-37(16-14-36)27(38)35-23-9-11-24(12-10-23)40-26(30)31/h1-12,25-26H,13-18H2,(H,35,38). The lowest BCUT2D eigenvalue weighted by Crippen LogP contribution is -2.50. The van der Waals surface area contributed by atoms with Gasteiger partial charge in [-0.3, -0.25) is 4.90 Å². The SMILES string of the molecule is O=C(Nc1ccc(OC(F)F)cc1)N1CCN(CC(OCc2ccc(C(F)(F)F)cc2)c2ccc(Cl)cc2)CC1. The number of piperazine rings is 1. The minimum absolute atomic E-state index is 0.00241. The Morgan fingerprint density at radius 3 is 2.10 bits per heavy atom. The Labute approximate surface area is 233 Å². The molecule has 1 N–H and O–H groups in total. The van der Waals surface area contributed by atoms with Gasteiger partial charge in [-0.25, -0.2) is 4.79 Å². The van der Waals surface area contributed by atoms with Gasteiger partial charge in [-0.15, -0.1) is 0 Å². The van der Waals surface area contributed by atoms with E-state index in [2.05, 4.69) is 15.0 Å². The lowest BCUT2D eigenvalue weighted by molar-refractivity contribution is -0.137. The molecular weight excluding hydrogens is 557 g/mol. The van der Waals surface area contributed by atoms with Crippen molar-refractivity contribution in [3.05, 3.63) is 94.5 Å². The number of hydrogen-bond acceptors (Lipinski definition) is 4. The largest absolute Gasteiger partial charge is 0.435 e. The summed E-state index contributed by atoms with van der Waals surface area (Å²) in [6.45, 7) is -0.260. The molecule has 12 heteroatoms. The second kappa shape index (κ2) is 13.3. The Morgan fingerprint density at radius 1 is 0.900 bits per heavy atom. The molecule has 1 aliphatic heterocycles. The van der Waals surface area contributed by atoms with Crippen LogP contribution in [0, 0.1) is 0 Å². The van der Waals surface area contributed by atoms with Gasteiger partial charge in [-0.05, 0) is 59.7 Å². The van der Waals surface area contributed by atoms with Crippen molar-refractivity contribution in [2.45, 2.75) is 25.5 Å². The third-order valence-corrected chi connectivity index (χ3v) is 6.64. The summed E-state index contributed by atoms with van der Waals surface area (Å²) in [6.07, 6.45) is -4.78. The van der Waals surface area contributed by atoms with E-state index in [-0.39, 0.29) is 24.5 Å². The molecule has 0 bridgehead atoms. The average Bonchev–Trinajstić information content (AvgIpc) is 2.92. The molecule has 0 aliphatic carbocycles. The Morgan fingerprint density at radius 2 is 1.52 bits per heavy atom. The predicted molar refractivity (Wildman–Crippen MR) is 141 cm³/mol. The molecule has 3 aromatic rings. The van der Waals surface area contributed by atoms with Crippen LogP contribution in [-0.2, 0) is 17.5 Å². The molecule has 1 atom stereocenters. The number of nitrogens with zero attached hydrogens (tertiary/aromatic N) is 2. The van der Waals surface area contributed by atoms with Crippen LogP contribution in [0.15, 0.2) is 72.8 Å². The molecule has 6 nitrogen and oxygen atoms in total. The molecule has 0 radical (unpaired) electrons. The highest BCUT2D eigenvalue weighted by atomic mass is 35.5. The van der Waals surface area contributed by atoms with E-state index in [0.717, 1.165) is 17.7 Å². The van der Waals surface area contributed by atoms with E-state index in [0.29, 0.717) is 49.0 Å². The maximum Gasteiger partial charge on any atom is 0.416 e. The number of urea groups is 1. The van der Waals surface area contributed by atoms with E-state index in [1.807, 2.05) is 12.1 Å². The van der Waals surface area contributed by atoms with Gasteiger partial charge in [0.25, 0.3) is 0 Å². The number of carbonyl (C=O) groups is 1. The van der Waals surface area contributed by atoms with Gasteiger partial charge in [0, 0.05) is 43.4 Å². The smallest absolute Gasteiger partial charge is 0.416 e. The second-order valence-corrected chi connectivity index (χ2v) is 9.60. The number of rotatable bonds is 9. The zero-order valence-electron chi connectivity index (χ0n) is 21.2. The minimum atomic E-state index is -4.40. The van der Waals surface area contributed by atoms with Crippen LogP contribution in [0.2, 0.25) is 5.02 Å². The van der Waals surface area contributed by atoms with Crippen molar-refractivity contribution < 1.29 is 36.2 Å². The molecule has 4 rings (SSSR count). The Balaban J connectivity index is 1.32. The van der Waals surface area contributed by atoms with Crippen LogP contribution in [0.25, 0.3) is 0 Å². The summed E-state index contributed by atoms with van der Waals surface area (Å²) in [7, 11) is 0. The number of ether oxygens (including phenoxy) is 2. The zero-order chi connectivity index (χ0) is 28.7. The topological polar surface area (TPSA) is 54.0 Å². The van der Waals surface area contributed by atoms with Crippen LogP contribution in [0.3, 0.4) is 0 Å². The molecule has 214 valence electrons. The fourth-order valence-electron chi connectivity index (χ4n) is 4.21. The van der Waals surface area contributed by atoms with Crippen LogP contribution < -0.4 is 10.1 Å². The summed E-state index contributed by atoms with van der Waals surface area (Å²) in [6, 6.07) is 17.4. The first-order valence-electron chi connectivity index (χ1n) is 12.4. The Bertz CT molecular complexity index is 1230. The number of nitrogens with one attached hydrogen (secondary N) is 1. The molecule has 1 heterocycles. The van der Waals surface area contributed by atoms with Gasteiger partial charge in [-0.1, -0.05) is 35.9 Å². The van der Waals surface area contributed by atoms with Crippen molar-refractivity contribution in [2.75, 3.05) is 38.0 Å². The van der Waals surface area contributed by atoms with Crippen LogP contribution >= 0.6 is 11.6 Å². The first-order valence-corrected chi connectivity index (χ1v) is 12.8. The number of hydrogen-bond donors (Lipinski definition) is 1. The van der Waals surface area contributed by atoms with Crippen LogP contribution in [-0.4, -0.2) is 55.2 Å². The number of halogens is 6. The first kappa shape index (κ1) is 29.6. The van der Waals surface area contributed by atoms with Crippen LogP contribution in [0.1, 0.15) is 22.8 Å². The molecule has 0 aromatic heterocycles. The molecule has 1 unspecified atom stereocenters. The van der Waals surface area contributed by atoms with E-state index < -0.39 is 18.4 Å². The van der Waals surface area contributed by atoms with Gasteiger partial charge in [0.15, 0.2) is 0 Å². The quantitative estimate of drug-likeness (QED) is 0.274. The number of carbonyl (C=O) groups excluding carboxylic acids is 1. The zero-order valence-corrected chi connectivity index (χ0v) is 22.0. The van der Waals surface area contributed by atoms with Crippen LogP contribution in [0.4, 0.5) is 32.4 Å². The maximum absolute atomic E-state index is 12.9. The molecule has 0 saturated carbocycles. The summed E-state index contributed by atoms with van der Waals surface area (Å²) in [4.78, 5) is 16.5. The number of anilines is 1. The van der Waals surface area contributed by atoms with Gasteiger partial charge in [-0.2, -0.15) is 22.0 Å². The Hall–Kier alpha value is -3.41. The highest BCUT2D eigenvalue weighted by Gasteiger charge is 2.30. The van der Waals surface area contributed by atoms with E-state index in [9.17, 15) is 26.7 Å². The highest BCUT2D eigenvalue weighted by molar-refractivity contribution is 6.30. The van der Waals surface area contributed by atoms with E-state index >= 15 is 0 Å². The summed E-state index contributed by atoms with van der Waals surface area (Å²) >= 11 is 6.04. The van der Waals surface area contributed by atoms with Crippen molar-refractivity contribution >= 4 is 23.3 Å². The Kier molecular flexibility index (Phi) is 9.83. The average molecular weight is 584 g/mol. The van der Waals surface area contributed by atoms with Crippen molar-refractivity contribution in [2.24, 2.45) is 0 Å². The summed E-state index contributed by atoms with van der Waals surface area (Å²) < 4.78 is 73.7. The predicted octanol–water partition coefficient (Wildman–Crippen LogP) is 7.07. The molecule has 1 fully saturated rings. The first-order chi connectivity index (χ1) is 19.1. The normalized spacial score (nSPS) is 15.2. The number of amides is 2. The van der Waals surface area contributed by atoms with Crippen molar-refractivity contribution in [1.29, 1.82) is 0 Å². The van der Waals surface area contributed by atoms with Crippen molar-refractivity contribution in [3.8, 4) is 5.75 Å². The van der Waals surface area contributed by atoms with Crippen LogP contribution in [0.5, 0.6) is 5.75 Å². The van der Waals surface area contributed by atoms with Gasteiger partial charge >= 0.3 is 18.8 Å². The molecule has 3 aromatic carbocycles. The van der Waals surface area contributed by atoms with E-state index in [4.69, 9.17) is 16.3 Å². The van der Waals surface area contributed by atoms with Gasteiger partial charge in [0.05, 0.1) is 18.3 Å². The summed E-state index contributed by atoms with van der Waals surface area (Å²) in [5.74, 6) is -0.00241. The molecule has 0 spiro atoms. The monoisotopic (exact) mass is 583 g/mol. The van der Waals surface area contributed by atoms with E-state index in [1.165, 1.54) is 36.4 Å². The maximum atomic E-state index is 12.9. The highest BCUT2D eigenvalue weighted by Crippen LogP contribution is 2.30. The number of alkyl halides is 5. The van der Waals surface area contributed by atoms with Crippen molar-refractivity contribution in [3.63, 3.8) is 0 Å². The fraction of sp³-hybridized carbons (Fsp3) is 0.321. The van der Waals surface area contributed by atoms with Gasteiger partial charge < -0.3 is 19.7 Å². The third-order valence-electron chi connectivity index (χ3n) is 6.39. The third kappa shape index (κ3) is 8.54. The lowest BCUT2D eigenvalue weighted by Gasteiger charge is -2.36. The van der Waals surface area contributed by atoms with Crippen molar-refractivity contribution in [1.82, 2.24) is 9.80 Å². The van der Waals surface area contributed by atoms with E-state index in [1.54, 1.807) is 17.0 Å². The number of benzene rings is 3. The molecule has 40 heavy (non-hydrogen) atoms. The molecule has 1 aliphatic rings. The van der Waals surface area contributed by atoms with Gasteiger partial charge in [0.1, 0.15) is 5.75 Å². The fourth-order valence-corrected chi connectivity index (χ4v) is 4.33. The second-order valence-electron chi connectivity index (χ2n) is 9.17. The minimum Gasteiger partial charge on any atom is -0.435 e. The summed E-state index contributed by atoms with van der Waals surface area (Å²) in [5, 5.41) is 3.32. The molecular formula is C28H27ClF5N3O3. The summed E-state index contributed by atoms with van der Waals surface area (Å²) in [5.41, 5.74) is 1.22. The molecule has 2 amide bonds. The van der Waals surface area contributed by atoms with Gasteiger partial charge in [0.2, 0.25) is 0 Å². The lowest BCUT2D eigenvalue weighted by atomic mass is 10.1. The molecule has 1 saturated heterocycles.